The van der Waals surface area contributed by atoms with Crippen LogP contribution in [0.2, 0.25) is 0 Å². The van der Waals surface area contributed by atoms with Crippen molar-refractivity contribution in [2.45, 2.75) is 64.5 Å². The molecule has 1 fully saturated rings. The molecular weight excluding hydrogens is 226 g/mol. The molecule has 0 atom stereocenters. The van der Waals surface area contributed by atoms with Gasteiger partial charge in [-0.15, -0.1) is 0 Å². The van der Waals surface area contributed by atoms with Gasteiger partial charge >= 0.3 is 0 Å². The molecule has 18 heavy (non-hydrogen) atoms. The lowest BCUT2D eigenvalue weighted by atomic mass is 10.0. The Bertz CT molecular complexity index is 313. The summed E-state index contributed by atoms with van der Waals surface area (Å²) in [5.74, 6) is 0.0315. The highest BCUT2D eigenvalue weighted by Gasteiger charge is 2.25. The van der Waals surface area contributed by atoms with Gasteiger partial charge in [-0.1, -0.05) is 19.8 Å². The zero-order valence-corrected chi connectivity index (χ0v) is 11.8. The van der Waals surface area contributed by atoms with E-state index in [1.165, 1.54) is 12.8 Å². The number of amides is 1. The topological polar surface area (TPSA) is 56.1 Å². The molecule has 0 unspecified atom stereocenters. The molecule has 0 saturated heterocycles. The van der Waals surface area contributed by atoms with Crippen LogP contribution in [0.1, 0.15) is 52.9 Å². The molecule has 0 spiro atoms. The van der Waals surface area contributed by atoms with Crippen molar-refractivity contribution in [1.29, 1.82) is 5.26 Å². The summed E-state index contributed by atoms with van der Waals surface area (Å²) in [5, 5.41) is 11.9. The molecule has 4 heteroatoms. The lowest BCUT2D eigenvalue weighted by Gasteiger charge is -2.29. The minimum absolute atomic E-state index is 0.0315. The Hall–Kier alpha value is -1.08. The number of rotatable bonds is 6. The first-order valence-corrected chi connectivity index (χ1v) is 6.90. The van der Waals surface area contributed by atoms with Crippen LogP contribution in [-0.4, -0.2) is 35.5 Å². The van der Waals surface area contributed by atoms with Crippen LogP contribution in [0.15, 0.2) is 0 Å². The molecule has 0 radical (unpaired) electrons. The maximum atomic E-state index is 12.0. The normalized spacial score (nSPS) is 16.8. The number of hydrogen-bond donors (Lipinski definition) is 1. The number of carbonyl (C=O) groups excluding carboxylic acids is 1. The minimum atomic E-state index is -0.162. The summed E-state index contributed by atoms with van der Waals surface area (Å²) in [6, 6.07) is 2.59. The van der Waals surface area contributed by atoms with Crippen molar-refractivity contribution in [2.24, 2.45) is 0 Å². The minimum Gasteiger partial charge on any atom is -0.350 e. The van der Waals surface area contributed by atoms with Crippen LogP contribution in [0.25, 0.3) is 0 Å². The lowest BCUT2D eigenvalue weighted by molar-refractivity contribution is -0.124. The largest absolute Gasteiger partial charge is 0.350 e. The molecule has 0 bridgehead atoms. The Kier molecular flexibility index (Phi) is 5.61. The van der Waals surface area contributed by atoms with Crippen molar-refractivity contribution in [3.63, 3.8) is 0 Å². The zero-order chi connectivity index (χ0) is 13.6. The third-order valence-electron chi connectivity index (χ3n) is 3.82. The molecule has 0 heterocycles. The van der Waals surface area contributed by atoms with Crippen molar-refractivity contribution in [1.82, 2.24) is 10.2 Å². The summed E-state index contributed by atoms with van der Waals surface area (Å²) in [5.41, 5.74) is -0.162. The Balaban J connectivity index is 2.50. The molecule has 1 aliphatic carbocycles. The summed E-state index contributed by atoms with van der Waals surface area (Å²) in [6.07, 6.45) is 5.57. The van der Waals surface area contributed by atoms with E-state index in [4.69, 9.17) is 5.26 Å². The summed E-state index contributed by atoms with van der Waals surface area (Å²) in [7, 11) is 0. The van der Waals surface area contributed by atoms with E-state index >= 15 is 0 Å². The molecule has 1 rings (SSSR count). The van der Waals surface area contributed by atoms with Crippen LogP contribution in [0.5, 0.6) is 0 Å². The molecule has 0 aromatic carbocycles. The van der Waals surface area contributed by atoms with Crippen molar-refractivity contribution < 1.29 is 4.79 Å². The SMILES string of the molecule is CCC(C)(C)NC(=O)CN(CC#N)C1CCCC1. The molecule has 0 aromatic heterocycles. The Labute approximate surface area is 110 Å². The van der Waals surface area contributed by atoms with Gasteiger partial charge in [0.25, 0.3) is 0 Å². The highest BCUT2D eigenvalue weighted by Crippen LogP contribution is 2.23. The van der Waals surface area contributed by atoms with Crippen molar-refractivity contribution in [2.75, 3.05) is 13.1 Å². The zero-order valence-electron chi connectivity index (χ0n) is 11.8. The number of carbonyl (C=O) groups is 1. The summed E-state index contributed by atoms with van der Waals surface area (Å²) in [6.45, 7) is 6.81. The van der Waals surface area contributed by atoms with Crippen molar-refractivity contribution in [3.05, 3.63) is 0 Å². The molecule has 1 aliphatic rings. The summed E-state index contributed by atoms with van der Waals surface area (Å²) in [4.78, 5) is 14.0. The van der Waals surface area contributed by atoms with Gasteiger partial charge in [-0.2, -0.15) is 5.26 Å². The van der Waals surface area contributed by atoms with Crippen molar-refractivity contribution in [3.8, 4) is 6.07 Å². The standard InChI is InChI=1S/C14H25N3O/c1-4-14(2,3)16-13(18)11-17(10-9-15)12-7-5-6-8-12/h12H,4-8,10-11H2,1-3H3,(H,16,18). The molecule has 0 aliphatic heterocycles. The first-order valence-electron chi connectivity index (χ1n) is 6.90. The van der Waals surface area contributed by atoms with Crippen LogP contribution in [-0.2, 0) is 4.79 Å². The van der Waals surface area contributed by atoms with Crippen LogP contribution >= 0.6 is 0 Å². The van der Waals surface area contributed by atoms with E-state index in [9.17, 15) is 4.79 Å². The van der Waals surface area contributed by atoms with Gasteiger partial charge in [-0.05, 0) is 33.1 Å². The maximum absolute atomic E-state index is 12.0. The van der Waals surface area contributed by atoms with Crippen LogP contribution < -0.4 is 5.32 Å². The fourth-order valence-electron chi connectivity index (χ4n) is 2.36. The molecule has 102 valence electrons. The number of hydrogen-bond acceptors (Lipinski definition) is 3. The Morgan fingerprint density at radius 1 is 1.44 bits per heavy atom. The fourth-order valence-corrected chi connectivity index (χ4v) is 2.36. The quantitative estimate of drug-likeness (QED) is 0.735. The third kappa shape index (κ3) is 4.66. The molecule has 1 saturated carbocycles. The van der Waals surface area contributed by atoms with Gasteiger partial charge in [0.1, 0.15) is 0 Å². The second kappa shape index (κ2) is 6.75. The average Bonchev–Trinajstić information content (AvgIpc) is 2.81. The lowest BCUT2D eigenvalue weighted by Crippen LogP contribution is -2.49. The van der Waals surface area contributed by atoms with E-state index in [-0.39, 0.29) is 11.4 Å². The van der Waals surface area contributed by atoms with Gasteiger partial charge in [0, 0.05) is 11.6 Å². The van der Waals surface area contributed by atoms with E-state index in [1.54, 1.807) is 0 Å². The number of nitrogens with zero attached hydrogens (tertiary/aromatic N) is 2. The van der Waals surface area contributed by atoms with Crippen molar-refractivity contribution >= 4 is 5.91 Å². The van der Waals surface area contributed by atoms with Gasteiger partial charge in [-0.25, -0.2) is 0 Å². The van der Waals surface area contributed by atoms with E-state index < -0.39 is 0 Å². The highest BCUT2D eigenvalue weighted by atomic mass is 16.2. The van der Waals surface area contributed by atoms with Gasteiger partial charge in [0.2, 0.25) is 5.91 Å². The van der Waals surface area contributed by atoms with E-state index in [0.29, 0.717) is 19.1 Å². The van der Waals surface area contributed by atoms with E-state index in [2.05, 4.69) is 18.3 Å². The molecular formula is C14H25N3O. The third-order valence-corrected chi connectivity index (χ3v) is 3.82. The number of nitriles is 1. The van der Waals surface area contributed by atoms with Crippen LogP contribution in [0, 0.1) is 11.3 Å². The average molecular weight is 251 g/mol. The highest BCUT2D eigenvalue weighted by molar-refractivity contribution is 5.78. The second-order valence-corrected chi connectivity index (χ2v) is 5.79. The van der Waals surface area contributed by atoms with Crippen LogP contribution in [0.4, 0.5) is 0 Å². The van der Waals surface area contributed by atoms with Gasteiger partial charge < -0.3 is 5.32 Å². The number of nitrogens with one attached hydrogen (secondary N) is 1. The van der Waals surface area contributed by atoms with Gasteiger partial charge in [0.05, 0.1) is 19.2 Å². The molecule has 4 nitrogen and oxygen atoms in total. The van der Waals surface area contributed by atoms with E-state index in [1.807, 2.05) is 18.7 Å². The van der Waals surface area contributed by atoms with Crippen LogP contribution in [0.3, 0.4) is 0 Å². The smallest absolute Gasteiger partial charge is 0.234 e. The first-order chi connectivity index (χ1) is 8.48. The molecule has 1 N–H and O–H groups in total. The van der Waals surface area contributed by atoms with E-state index in [0.717, 1.165) is 19.3 Å². The van der Waals surface area contributed by atoms with Gasteiger partial charge in [-0.3, -0.25) is 9.69 Å². The molecule has 1 amide bonds. The first kappa shape index (κ1) is 15.0. The second-order valence-electron chi connectivity index (χ2n) is 5.79. The monoisotopic (exact) mass is 251 g/mol. The van der Waals surface area contributed by atoms with Gasteiger partial charge in [0.15, 0.2) is 0 Å². The Morgan fingerprint density at radius 2 is 2.06 bits per heavy atom. The predicted octanol–water partition coefficient (Wildman–Crippen LogP) is 2.06. The Morgan fingerprint density at radius 3 is 2.56 bits per heavy atom. The maximum Gasteiger partial charge on any atom is 0.234 e. The molecule has 0 aromatic rings. The summed E-state index contributed by atoms with van der Waals surface area (Å²) >= 11 is 0. The predicted molar refractivity (Wildman–Crippen MR) is 72.0 cm³/mol. The summed E-state index contributed by atoms with van der Waals surface area (Å²) < 4.78 is 0. The fraction of sp³-hybridized carbons (Fsp3) is 0.857.